The summed E-state index contributed by atoms with van der Waals surface area (Å²) in [5, 5.41) is 2.95. The molecule has 1 aromatic heterocycles. The molecule has 0 radical (unpaired) electrons. The molecule has 2 heterocycles. The number of hydrogen-bond donors (Lipinski definition) is 1. The van der Waals surface area contributed by atoms with Crippen LogP contribution in [0.25, 0.3) is 0 Å². The SMILES string of the molecule is Cc1cc(C)n(CCNC(=O)[C@H]2CCOc3ccccc3C2)c(=O)n1. The second-order valence-corrected chi connectivity index (χ2v) is 6.41. The number of carbonyl (C=O) groups excluding carboxylic acids is 1. The molecule has 0 saturated heterocycles. The van der Waals surface area contributed by atoms with Crippen molar-refractivity contribution in [1.29, 1.82) is 0 Å². The van der Waals surface area contributed by atoms with Crippen LogP contribution in [0.5, 0.6) is 5.75 Å². The Morgan fingerprint density at radius 1 is 1.36 bits per heavy atom. The van der Waals surface area contributed by atoms with E-state index >= 15 is 0 Å². The molecule has 0 fully saturated rings. The summed E-state index contributed by atoms with van der Waals surface area (Å²) in [6.07, 6.45) is 1.36. The average Bonchev–Trinajstić information content (AvgIpc) is 2.79. The minimum Gasteiger partial charge on any atom is -0.493 e. The van der Waals surface area contributed by atoms with E-state index in [0.717, 1.165) is 17.0 Å². The molecule has 6 heteroatoms. The fourth-order valence-corrected chi connectivity index (χ4v) is 3.20. The van der Waals surface area contributed by atoms with Gasteiger partial charge in [-0.05, 0) is 44.4 Å². The van der Waals surface area contributed by atoms with Gasteiger partial charge < -0.3 is 10.1 Å². The lowest BCUT2D eigenvalue weighted by molar-refractivity contribution is -0.125. The Morgan fingerprint density at radius 2 is 2.16 bits per heavy atom. The Morgan fingerprint density at radius 3 is 2.96 bits per heavy atom. The summed E-state index contributed by atoms with van der Waals surface area (Å²) in [5.74, 6) is 0.759. The first-order chi connectivity index (χ1) is 12.0. The van der Waals surface area contributed by atoms with E-state index < -0.39 is 0 Å². The largest absolute Gasteiger partial charge is 0.493 e. The number of benzene rings is 1. The molecule has 6 nitrogen and oxygen atoms in total. The van der Waals surface area contributed by atoms with E-state index in [0.29, 0.717) is 38.2 Å². The van der Waals surface area contributed by atoms with Gasteiger partial charge in [-0.25, -0.2) is 4.79 Å². The molecule has 1 atom stereocenters. The van der Waals surface area contributed by atoms with Crippen LogP contribution in [0.4, 0.5) is 0 Å². The minimum atomic E-state index is -0.274. The zero-order valence-electron chi connectivity index (χ0n) is 14.6. The van der Waals surface area contributed by atoms with E-state index in [1.807, 2.05) is 37.3 Å². The van der Waals surface area contributed by atoms with Gasteiger partial charge in [-0.2, -0.15) is 4.98 Å². The highest BCUT2D eigenvalue weighted by Gasteiger charge is 2.23. The van der Waals surface area contributed by atoms with Gasteiger partial charge in [0.2, 0.25) is 5.91 Å². The van der Waals surface area contributed by atoms with Gasteiger partial charge in [0.1, 0.15) is 5.75 Å². The van der Waals surface area contributed by atoms with E-state index in [2.05, 4.69) is 10.3 Å². The lowest BCUT2D eigenvalue weighted by atomic mass is 9.96. The number of hydrogen-bond acceptors (Lipinski definition) is 4. The standard InChI is InChI=1S/C19H23N3O3/c1-13-11-14(2)22(19(24)21-13)9-8-20-18(23)16-7-10-25-17-6-4-3-5-15(17)12-16/h3-6,11,16H,7-10,12H2,1-2H3,(H,20,23)/t16-/m0/s1. The van der Waals surface area contributed by atoms with E-state index in [1.165, 1.54) is 0 Å². The van der Waals surface area contributed by atoms with Crippen molar-refractivity contribution in [3.05, 3.63) is 57.8 Å². The molecule has 0 bridgehead atoms. The quantitative estimate of drug-likeness (QED) is 0.917. The van der Waals surface area contributed by atoms with Crippen molar-refractivity contribution in [2.75, 3.05) is 13.2 Å². The van der Waals surface area contributed by atoms with Crippen LogP contribution in [0.3, 0.4) is 0 Å². The van der Waals surface area contributed by atoms with E-state index in [9.17, 15) is 9.59 Å². The van der Waals surface area contributed by atoms with Crippen molar-refractivity contribution in [2.24, 2.45) is 5.92 Å². The van der Waals surface area contributed by atoms with Gasteiger partial charge in [0.25, 0.3) is 0 Å². The zero-order valence-corrected chi connectivity index (χ0v) is 14.6. The monoisotopic (exact) mass is 341 g/mol. The Labute approximate surface area is 146 Å². The molecular formula is C19H23N3O3. The highest BCUT2D eigenvalue weighted by molar-refractivity contribution is 5.79. The number of amides is 1. The molecule has 0 unspecified atom stereocenters. The Hall–Kier alpha value is -2.63. The van der Waals surface area contributed by atoms with E-state index in [-0.39, 0.29) is 17.5 Å². The lowest BCUT2D eigenvalue weighted by Gasteiger charge is -2.15. The number of carbonyl (C=O) groups is 1. The molecule has 3 rings (SSSR count). The predicted molar refractivity (Wildman–Crippen MR) is 94.7 cm³/mol. The maximum Gasteiger partial charge on any atom is 0.348 e. The summed E-state index contributed by atoms with van der Waals surface area (Å²) in [6, 6.07) is 9.71. The fourth-order valence-electron chi connectivity index (χ4n) is 3.20. The molecule has 0 spiro atoms. The third kappa shape index (κ3) is 4.07. The molecule has 0 aliphatic carbocycles. The summed E-state index contributed by atoms with van der Waals surface area (Å²) in [5.41, 5.74) is 2.35. The van der Waals surface area contributed by atoms with Gasteiger partial charge >= 0.3 is 5.69 Å². The van der Waals surface area contributed by atoms with Crippen LogP contribution in [0, 0.1) is 19.8 Å². The summed E-state index contributed by atoms with van der Waals surface area (Å²) in [4.78, 5) is 28.4. The number of rotatable bonds is 4. The summed E-state index contributed by atoms with van der Waals surface area (Å²) in [7, 11) is 0. The van der Waals surface area contributed by atoms with Crippen LogP contribution in [-0.4, -0.2) is 28.6 Å². The second kappa shape index (κ2) is 7.51. The van der Waals surface area contributed by atoms with Gasteiger partial charge in [-0.3, -0.25) is 9.36 Å². The van der Waals surface area contributed by atoms with Gasteiger partial charge in [0.15, 0.2) is 0 Å². The zero-order chi connectivity index (χ0) is 17.8. The molecular weight excluding hydrogens is 318 g/mol. The Kier molecular flexibility index (Phi) is 5.16. The first-order valence-corrected chi connectivity index (χ1v) is 8.58. The van der Waals surface area contributed by atoms with Crippen LogP contribution in [0.15, 0.2) is 35.1 Å². The number of fused-ring (bicyclic) bond motifs is 1. The average molecular weight is 341 g/mol. The molecule has 2 aromatic rings. The Balaban J connectivity index is 1.59. The lowest BCUT2D eigenvalue weighted by Crippen LogP contribution is -2.36. The first-order valence-electron chi connectivity index (χ1n) is 8.58. The normalized spacial score (nSPS) is 16.5. The van der Waals surface area contributed by atoms with Crippen molar-refractivity contribution in [3.63, 3.8) is 0 Å². The van der Waals surface area contributed by atoms with Gasteiger partial charge in [-0.15, -0.1) is 0 Å². The molecule has 132 valence electrons. The molecule has 1 aliphatic heterocycles. The number of para-hydroxylation sites is 1. The van der Waals surface area contributed by atoms with Crippen LogP contribution in [0.1, 0.15) is 23.4 Å². The number of aromatic nitrogens is 2. The van der Waals surface area contributed by atoms with Gasteiger partial charge in [-0.1, -0.05) is 18.2 Å². The van der Waals surface area contributed by atoms with Crippen molar-refractivity contribution >= 4 is 5.91 Å². The molecule has 1 N–H and O–H groups in total. The van der Waals surface area contributed by atoms with Crippen molar-refractivity contribution in [2.45, 2.75) is 33.2 Å². The summed E-state index contributed by atoms with van der Waals surface area (Å²) in [6.45, 7) is 5.03. The van der Waals surface area contributed by atoms with Crippen LogP contribution in [0.2, 0.25) is 0 Å². The molecule has 1 amide bonds. The van der Waals surface area contributed by atoms with Crippen LogP contribution < -0.4 is 15.7 Å². The van der Waals surface area contributed by atoms with Crippen molar-refractivity contribution in [3.8, 4) is 5.75 Å². The molecule has 0 saturated carbocycles. The highest BCUT2D eigenvalue weighted by atomic mass is 16.5. The maximum atomic E-state index is 12.5. The third-order valence-corrected chi connectivity index (χ3v) is 4.51. The van der Waals surface area contributed by atoms with Gasteiger partial charge in [0, 0.05) is 30.4 Å². The maximum absolute atomic E-state index is 12.5. The van der Waals surface area contributed by atoms with Crippen LogP contribution >= 0.6 is 0 Å². The van der Waals surface area contributed by atoms with E-state index in [4.69, 9.17) is 4.74 Å². The van der Waals surface area contributed by atoms with Crippen molar-refractivity contribution in [1.82, 2.24) is 14.9 Å². The number of nitrogens with one attached hydrogen (secondary N) is 1. The summed E-state index contributed by atoms with van der Waals surface area (Å²) < 4.78 is 7.29. The van der Waals surface area contributed by atoms with Crippen LogP contribution in [-0.2, 0) is 17.8 Å². The smallest absolute Gasteiger partial charge is 0.348 e. The second-order valence-electron chi connectivity index (χ2n) is 6.41. The molecule has 1 aromatic carbocycles. The topological polar surface area (TPSA) is 73.2 Å². The summed E-state index contributed by atoms with van der Waals surface area (Å²) >= 11 is 0. The number of ether oxygens (including phenoxy) is 1. The predicted octanol–water partition coefficient (Wildman–Crippen LogP) is 1.62. The Bertz CT molecular complexity index is 829. The molecule has 25 heavy (non-hydrogen) atoms. The molecule has 1 aliphatic rings. The van der Waals surface area contributed by atoms with Crippen molar-refractivity contribution < 1.29 is 9.53 Å². The minimum absolute atomic E-state index is 0.00563. The third-order valence-electron chi connectivity index (χ3n) is 4.51. The van der Waals surface area contributed by atoms with E-state index in [1.54, 1.807) is 11.5 Å². The fraction of sp³-hybridized carbons (Fsp3) is 0.421. The first kappa shape index (κ1) is 17.2. The highest BCUT2D eigenvalue weighted by Crippen LogP contribution is 2.26. The number of nitrogens with zero attached hydrogens (tertiary/aromatic N) is 2. The van der Waals surface area contributed by atoms with Gasteiger partial charge in [0.05, 0.1) is 6.61 Å². The number of aryl methyl sites for hydroxylation is 2.